The van der Waals surface area contributed by atoms with Crippen LogP contribution in [0, 0.1) is 11.3 Å². The lowest BCUT2D eigenvalue weighted by Crippen LogP contribution is -2.38. The monoisotopic (exact) mass is 540 g/mol. The molecule has 2 aromatic rings. The summed E-state index contributed by atoms with van der Waals surface area (Å²) in [5, 5.41) is 7.71. The second-order valence-electron chi connectivity index (χ2n) is 8.56. The molecule has 4 rings (SSSR count). The number of carbonyl (C=O) groups excluding carboxylic acids is 1. The average Bonchev–Trinajstić information content (AvgIpc) is 3.05. The second-order valence-corrected chi connectivity index (χ2v) is 11.4. The summed E-state index contributed by atoms with van der Waals surface area (Å²) < 4.78 is 7.09. The molecule has 0 spiro atoms. The molecule has 2 heterocycles. The Morgan fingerprint density at radius 2 is 1.93 bits per heavy atom. The first-order chi connectivity index (χ1) is 13.7. The number of nitrogens with one attached hydrogen (secondary N) is 2. The van der Waals surface area contributed by atoms with E-state index in [0.717, 1.165) is 50.1 Å². The molecule has 7 heteroatoms. The number of ether oxygens (including phenoxy) is 1. The second kappa shape index (κ2) is 7.89. The van der Waals surface area contributed by atoms with Crippen LogP contribution in [0.15, 0.2) is 21.1 Å². The summed E-state index contributed by atoms with van der Waals surface area (Å²) in [6.45, 7) is 7.02. The van der Waals surface area contributed by atoms with Crippen LogP contribution in [0.4, 0.5) is 5.00 Å². The van der Waals surface area contributed by atoms with E-state index in [2.05, 4.69) is 63.3 Å². The number of benzene rings is 1. The van der Waals surface area contributed by atoms with E-state index in [4.69, 9.17) is 4.74 Å². The lowest BCUT2D eigenvalue weighted by molar-refractivity contribution is 0.0934. The lowest BCUT2D eigenvalue weighted by Gasteiger charge is -2.36. The van der Waals surface area contributed by atoms with Crippen LogP contribution in [0.25, 0.3) is 0 Å². The van der Waals surface area contributed by atoms with Gasteiger partial charge in [0.05, 0.1) is 21.6 Å². The van der Waals surface area contributed by atoms with Gasteiger partial charge in [-0.25, -0.2) is 0 Å². The molecule has 0 bridgehead atoms. The van der Waals surface area contributed by atoms with Crippen molar-refractivity contribution in [1.82, 2.24) is 5.32 Å². The SMILES string of the molecule is CCC(C)(C)[C@H]1CCc2c(sc3c2C(=O)N[C@H](c2cc(Br)c(OC)c(Br)c2)N3)C1. The van der Waals surface area contributed by atoms with E-state index in [1.54, 1.807) is 18.4 Å². The number of anilines is 1. The first kappa shape index (κ1) is 21.2. The van der Waals surface area contributed by atoms with E-state index in [0.29, 0.717) is 11.3 Å². The molecule has 4 nitrogen and oxygen atoms in total. The third-order valence-electron chi connectivity index (χ3n) is 6.62. The summed E-state index contributed by atoms with van der Waals surface area (Å²) in [6, 6.07) is 3.97. The Hall–Kier alpha value is -1.05. The van der Waals surface area contributed by atoms with Crippen molar-refractivity contribution in [3.05, 3.63) is 42.6 Å². The third-order valence-corrected chi connectivity index (χ3v) is 8.98. The van der Waals surface area contributed by atoms with Crippen molar-refractivity contribution in [1.29, 1.82) is 0 Å². The first-order valence-corrected chi connectivity index (χ1v) is 12.4. The highest BCUT2D eigenvalue weighted by molar-refractivity contribution is 9.11. The largest absolute Gasteiger partial charge is 0.494 e. The van der Waals surface area contributed by atoms with Crippen LogP contribution in [-0.2, 0) is 12.8 Å². The van der Waals surface area contributed by atoms with Crippen LogP contribution in [0.3, 0.4) is 0 Å². The zero-order chi connectivity index (χ0) is 20.9. The molecule has 156 valence electrons. The summed E-state index contributed by atoms with van der Waals surface area (Å²) in [7, 11) is 1.64. The Bertz CT molecular complexity index is 947. The number of carbonyl (C=O) groups is 1. The smallest absolute Gasteiger partial charge is 0.256 e. The highest BCUT2D eigenvalue weighted by atomic mass is 79.9. The summed E-state index contributed by atoms with van der Waals surface area (Å²) in [5.41, 5.74) is 3.43. The van der Waals surface area contributed by atoms with Crippen molar-refractivity contribution in [2.45, 2.75) is 52.6 Å². The van der Waals surface area contributed by atoms with E-state index in [-0.39, 0.29) is 12.1 Å². The minimum atomic E-state index is -0.267. The van der Waals surface area contributed by atoms with Gasteiger partial charge in [-0.2, -0.15) is 0 Å². The molecule has 1 aliphatic heterocycles. The molecular formula is C22H26Br2N2O2S. The molecule has 2 aliphatic rings. The summed E-state index contributed by atoms with van der Waals surface area (Å²) >= 11 is 8.88. The fraction of sp³-hybridized carbons (Fsp3) is 0.500. The van der Waals surface area contributed by atoms with Gasteiger partial charge in [0.2, 0.25) is 0 Å². The molecule has 1 aromatic heterocycles. The van der Waals surface area contributed by atoms with Gasteiger partial charge < -0.3 is 15.4 Å². The Kier molecular flexibility index (Phi) is 5.77. The minimum absolute atomic E-state index is 0.0255. The van der Waals surface area contributed by atoms with E-state index in [9.17, 15) is 4.79 Å². The van der Waals surface area contributed by atoms with Gasteiger partial charge in [0.25, 0.3) is 5.91 Å². The number of hydrogen-bond acceptors (Lipinski definition) is 4. The highest BCUT2D eigenvalue weighted by Gasteiger charge is 2.37. The van der Waals surface area contributed by atoms with Crippen molar-refractivity contribution in [3.63, 3.8) is 0 Å². The maximum absolute atomic E-state index is 13.0. The molecule has 2 atom stereocenters. The Morgan fingerprint density at radius 1 is 1.24 bits per heavy atom. The number of methoxy groups -OCH3 is 1. The van der Waals surface area contributed by atoms with Crippen molar-refractivity contribution in [3.8, 4) is 5.75 Å². The maximum atomic E-state index is 13.0. The van der Waals surface area contributed by atoms with Crippen LogP contribution < -0.4 is 15.4 Å². The summed E-state index contributed by atoms with van der Waals surface area (Å²) in [5.74, 6) is 1.44. The third kappa shape index (κ3) is 3.74. The Labute approximate surface area is 193 Å². The number of amides is 1. The van der Waals surface area contributed by atoms with Crippen LogP contribution in [-0.4, -0.2) is 13.0 Å². The van der Waals surface area contributed by atoms with E-state index in [1.165, 1.54) is 16.9 Å². The molecule has 0 saturated heterocycles. The van der Waals surface area contributed by atoms with Crippen molar-refractivity contribution >= 4 is 54.1 Å². The highest BCUT2D eigenvalue weighted by Crippen LogP contribution is 2.47. The van der Waals surface area contributed by atoms with Gasteiger partial charge in [0, 0.05) is 4.88 Å². The van der Waals surface area contributed by atoms with E-state index in [1.807, 2.05) is 12.1 Å². The standard InChI is InChI=1S/C22H26Br2N2O2S/c1-5-22(2,3)12-6-7-13-16(10-12)29-21-17(13)20(27)25-19(26-21)11-8-14(23)18(28-4)15(24)9-11/h8-9,12,19,26H,5-7,10H2,1-4H3,(H,25,27)/t12-,19-/m0/s1. The van der Waals surface area contributed by atoms with Gasteiger partial charge in [-0.1, -0.05) is 27.2 Å². The molecule has 1 aromatic carbocycles. The topological polar surface area (TPSA) is 50.4 Å². The van der Waals surface area contributed by atoms with Crippen LogP contribution in [0.1, 0.15) is 66.1 Å². The molecule has 0 fully saturated rings. The maximum Gasteiger partial charge on any atom is 0.256 e. The van der Waals surface area contributed by atoms with Crippen molar-refractivity contribution in [2.24, 2.45) is 11.3 Å². The predicted octanol–water partition coefficient (Wildman–Crippen LogP) is 6.68. The Morgan fingerprint density at radius 3 is 2.55 bits per heavy atom. The fourth-order valence-corrected chi connectivity index (χ4v) is 7.26. The van der Waals surface area contributed by atoms with Crippen LogP contribution in [0.2, 0.25) is 0 Å². The van der Waals surface area contributed by atoms with Crippen LogP contribution in [0.5, 0.6) is 5.75 Å². The number of rotatable bonds is 4. The zero-order valence-corrected chi connectivity index (χ0v) is 21.1. The predicted molar refractivity (Wildman–Crippen MR) is 126 cm³/mol. The fourth-order valence-electron chi connectivity index (χ4n) is 4.36. The quantitative estimate of drug-likeness (QED) is 0.454. The van der Waals surface area contributed by atoms with E-state index >= 15 is 0 Å². The summed E-state index contributed by atoms with van der Waals surface area (Å²) in [6.07, 6.45) is 4.14. The van der Waals surface area contributed by atoms with Gasteiger partial charge >= 0.3 is 0 Å². The molecule has 1 aliphatic carbocycles. The van der Waals surface area contributed by atoms with E-state index < -0.39 is 0 Å². The molecule has 1 amide bonds. The average molecular weight is 542 g/mol. The molecule has 0 unspecified atom stereocenters. The summed E-state index contributed by atoms with van der Waals surface area (Å²) in [4.78, 5) is 14.4. The number of hydrogen-bond donors (Lipinski definition) is 2. The Balaban J connectivity index is 1.64. The molecule has 2 N–H and O–H groups in total. The van der Waals surface area contributed by atoms with Crippen molar-refractivity contribution < 1.29 is 9.53 Å². The van der Waals surface area contributed by atoms with Gasteiger partial charge in [0.15, 0.2) is 0 Å². The molecular weight excluding hydrogens is 516 g/mol. The minimum Gasteiger partial charge on any atom is -0.494 e. The lowest BCUT2D eigenvalue weighted by atomic mass is 9.69. The van der Waals surface area contributed by atoms with Gasteiger partial charge in [-0.15, -0.1) is 11.3 Å². The molecule has 0 saturated carbocycles. The number of halogens is 2. The van der Waals surface area contributed by atoms with Gasteiger partial charge in [0.1, 0.15) is 16.9 Å². The van der Waals surface area contributed by atoms with Gasteiger partial charge in [-0.05, 0) is 85.7 Å². The van der Waals surface area contributed by atoms with Gasteiger partial charge in [-0.3, -0.25) is 4.79 Å². The number of fused-ring (bicyclic) bond motifs is 3. The first-order valence-electron chi connectivity index (χ1n) is 10.00. The van der Waals surface area contributed by atoms with Crippen molar-refractivity contribution in [2.75, 3.05) is 12.4 Å². The molecule has 0 radical (unpaired) electrons. The number of thiophene rings is 1. The normalized spacial score (nSPS) is 21.1. The molecule has 29 heavy (non-hydrogen) atoms. The van der Waals surface area contributed by atoms with Crippen LogP contribution >= 0.6 is 43.2 Å². The zero-order valence-electron chi connectivity index (χ0n) is 17.1.